The molecule has 0 aliphatic heterocycles. The molecule has 0 fully saturated rings. The van der Waals surface area contributed by atoms with E-state index in [4.69, 9.17) is 5.14 Å². The van der Waals surface area contributed by atoms with Crippen LogP contribution in [0.2, 0.25) is 0 Å². The second-order valence-corrected chi connectivity index (χ2v) is 6.06. The van der Waals surface area contributed by atoms with Gasteiger partial charge in [0.25, 0.3) is 0 Å². The Bertz CT molecular complexity index is 414. The van der Waals surface area contributed by atoms with Crippen molar-refractivity contribution < 1.29 is 8.42 Å². The predicted molar refractivity (Wildman–Crippen MR) is 65.1 cm³/mol. The minimum absolute atomic E-state index is 0.00509. The molecule has 84 valence electrons. The molecule has 0 heterocycles. The van der Waals surface area contributed by atoms with Gasteiger partial charge in [-0.05, 0) is 30.0 Å². The summed E-state index contributed by atoms with van der Waals surface area (Å²) in [6.07, 6.45) is 0.762. The van der Waals surface area contributed by atoms with Crippen molar-refractivity contribution in [1.29, 1.82) is 0 Å². The molecule has 1 rings (SSSR count). The van der Waals surface area contributed by atoms with Gasteiger partial charge >= 0.3 is 0 Å². The van der Waals surface area contributed by atoms with Crippen LogP contribution < -0.4 is 5.14 Å². The molecule has 0 unspecified atom stereocenters. The first kappa shape index (κ1) is 12.7. The maximum Gasteiger partial charge on any atom is 0.209 e. The Morgan fingerprint density at radius 1 is 1.33 bits per heavy atom. The topological polar surface area (TPSA) is 60.2 Å². The van der Waals surface area contributed by atoms with Crippen molar-refractivity contribution in [3.8, 4) is 0 Å². The zero-order chi connectivity index (χ0) is 11.5. The van der Waals surface area contributed by atoms with Crippen LogP contribution in [0.25, 0.3) is 0 Å². The molecular weight excluding hydrogens is 278 g/mol. The van der Waals surface area contributed by atoms with Crippen molar-refractivity contribution in [3.63, 3.8) is 0 Å². The van der Waals surface area contributed by atoms with Gasteiger partial charge in [0.05, 0.1) is 5.75 Å². The van der Waals surface area contributed by atoms with E-state index >= 15 is 0 Å². The fourth-order valence-electron chi connectivity index (χ4n) is 1.47. The number of rotatable bonds is 4. The zero-order valence-corrected chi connectivity index (χ0v) is 10.9. The lowest BCUT2D eigenvalue weighted by molar-refractivity contribution is 0.586. The van der Waals surface area contributed by atoms with E-state index in [1.807, 2.05) is 31.2 Å². The molecule has 0 saturated heterocycles. The van der Waals surface area contributed by atoms with Gasteiger partial charge in [-0.15, -0.1) is 0 Å². The number of halogens is 1. The summed E-state index contributed by atoms with van der Waals surface area (Å²) in [5.41, 5.74) is 1.01. The summed E-state index contributed by atoms with van der Waals surface area (Å²) >= 11 is 3.33. The van der Waals surface area contributed by atoms with E-state index in [0.717, 1.165) is 16.5 Å². The van der Waals surface area contributed by atoms with Crippen molar-refractivity contribution in [2.24, 2.45) is 5.14 Å². The molecule has 0 amide bonds. The van der Waals surface area contributed by atoms with E-state index in [2.05, 4.69) is 15.9 Å². The van der Waals surface area contributed by atoms with E-state index in [0.29, 0.717) is 0 Å². The minimum atomic E-state index is -3.41. The monoisotopic (exact) mass is 291 g/mol. The summed E-state index contributed by atoms with van der Waals surface area (Å²) in [7, 11) is -3.41. The average Bonchev–Trinajstić information content (AvgIpc) is 2.14. The Labute approximate surface area is 98.9 Å². The number of benzene rings is 1. The Hall–Kier alpha value is -0.390. The van der Waals surface area contributed by atoms with Gasteiger partial charge in [0.2, 0.25) is 10.0 Å². The Morgan fingerprint density at radius 2 is 1.87 bits per heavy atom. The summed E-state index contributed by atoms with van der Waals surface area (Å²) in [4.78, 5) is 0. The van der Waals surface area contributed by atoms with Crippen molar-refractivity contribution in [1.82, 2.24) is 0 Å². The maximum absolute atomic E-state index is 11.0. The third-order valence-electron chi connectivity index (χ3n) is 2.27. The van der Waals surface area contributed by atoms with Crippen LogP contribution in [0.1, 0.15) is 24.8 Å². The maximum atomic E-state index is 11.0. The van der Waals surface area contributed by atoms with Crippen molar-refractivity contribution in [2.75, 3.05) is 5.75 Å². The second kappa shape index (κ2) is 5.09. The predicted octanol–water partition coefficient (Wildman–Crippen LogP) is 2.23. The smallest absolute Gasteiger partial charge is 0.209 e. The minimum Gasteiger partial charge on any atom is -0.229 e. The summed E-state index contributed by atoms with van der Waals surface area (Å²) in [5.74, 6) is -0.0152. The lowest BCUT2D eigenvalue weighted by Gasteiger charge is -2.13. The Morgan fingerprint density at radius 3 is 2.27 bits per heavy atom. The van der Waals surface area contributed by atoms with Crippen LogP contribution in [0.15, 0.2) is 28.7 Å². The summed E-state index contributed by atoms with van der Waals surface area (Å²) in [6.45, 7) is 1.96. The number of hydrogen-bond acceptors (Lipinski definition) is 2. The third-order valence-corrected chi connectivity index (χ3v) is 3.66. The van der Waals surface area contributed by atoms with Crippen LogP contribution in [-0.4, -0.2) is 14.2 Å². The van der Waals surface area contributed by atoms with Crippen LogP contribution in [0, 0.1) is 0 Å². The summed E-state index contributed by atoms with van der Waals surface area (Å²) in [6, 6.07) is 7.65. The van der Waals surface area contributed by atoms with Gasteiger partial charge in [-0.25, -0.2) is 13.6 Å². The molecule has 3 nitrogen and oxygen atoms in total. The van der Waals surface area contributed by atoms with Gasteiger partial charge in [0.1, 0.15) is 0 Å². The molecule has 0 saturated carbocycles. The molecule has 0 spiro atoms. The molecule has 15 heavy (non-hydrogen) atoms. The molecule has 1 aromatic carbocycles. The highest BCUT2D eigenvalue weighted by atomic mass is 79.9. The van der Waals surface area contributed by atoms with Crippen LogP contribution in [-0.2, 0) is 10.0 Å². The molecule has 5 heteroatoms. The van der Waals surface area contributed by atoms with Crippen molar-refractivity contribution >= 4 is 26.0 Å². The molecular formula is C10H14BrNO2S. The van der Waals surface area contributed by atoms with Gasteiger partial charge < -0.3 is 0 Å². The quantitative estimate of drug-likeness (QED) is 0.925. The molecule has 1 atom stereocenters. The first-order valence-corrected chi connectivity index (χ1v) is 7.19. The Balaban J connectivity index is 2.88. The lowest BCUT2D eigenvalue weighted by Crippen LogP contribution is -2.21. The van der Waals surface area contributed by atoms with Crippen LogP contribution >= 0.6 is 15.9 Å². The molecule has 0 bridgehead atoms. The molecule has 0 radical (unpaired) electrons. The van der Waals surface area contributed by atoms with Gasteiger partial charge in [0.15, 0.2) is 0 Å². The third kappa shape index (κ3) is 4.32. The normalized spacial score (nSPS) is 13.8. The van der Waals surface area contributed by atoms with Crippen LogP contribution in [0.5, 0.6) is 0 Å². The number of sulfonamides is 1. The second-order valence-electron chi connectivity index (χ2n) is 3.49. The van der Waals surface area contributed by atoms with Gasteiger partial charge in [-0.1, -0.05) is 35.0 Å². The first-order chi connectivity index (χ1) is 6.92. The highest BCUT2D eigenvalue weighted by molar-refractivity contribution is 9.10. The standard InChI is InChI=1S/C10H14BrNO2S/c1-2-8(7-15(12,13)14)9-3-5-10(11)6-4-9/h3-6,8H,2,7H2,1H3,(H2,12,13,14)/t8-/m0/s1. The zero-order valence-electron chi connectivity index (χ0n) is 8.48. The van der Waals surface area contributed by atoms with Crippen molar-refractivity contribution in [3.05, 3.63) is 34.3 Å². The molecule has 0 aliphatic rings. The molecule has 0 aromatic heterocycles. The van der Waals surface area contributed by atoms with Gasteiger partial charge in [-0.3, -0.25) is 0 Å². The highest BCUT2D eigenvalue weighted by Gasteiger charge is 2.15. The average molecular weight is 292 g/mol. The van der Waals surface area contributed by atoms with Gasteiger partial charge in [0, 0.05) is 4.47 Å². The lowest BCUT2D eigenvalue weighted by atomic mass is 9.99. The highest BCUT2D eigenvalue weighted by Crippen LogP contribution is 2.22. The number of hydrogen-bond donors (Lipinski definition) is 1. The summed E-state index contributed by atoms with van der Waals surface area (Å²) < 4.78 is 23.0. The summed E-state index contributed by atoms with van der Waals surface area (Å²) in [5, 5.41) is 5.04. The SMILES string of the molecule is CC[C@@H](CS(N)(=O)=O)c1ccc(Br)cc1. The molecule has 0 aliphatic carbocycles. The van der Waals surface area contributed by atoms with E-state index in [9.17, 15) is 8.42 Å². The molecule has 2 N–H and O–H groups in total. The fourth-order valence-corrected chi connectivity index (χ4v) is 2.72. The number of primary sulfonamides is 1. The first-order valence-electron chi connectivity index (χ1n) is 4.68. The van der Waals surface area contributed by atoms with Crippen molar-refractivity contribution in [2.45, 2.75) is 19.3 Å². The van der Waals surface area contributed by atoms with E-state index < -0.39 is 10.0 Å². The van der Waals surface area contributed by atoms with Crippen LogP contribution in [0.4, 0.5) is 0 Å². The molecule has 1 aromatic rings. The van der Waals surface area contributed by atoms with E-state index in [1.54, 1.807) is 0 Å². The Kier molecular flexibility index (Phi) is 4.31. The van der Waals surface area contributed by atoms with Gasteiger partial charge in [-0.2, -0.15) is 0 Å². The van der Waals surface area contributed by atoms with E-state index in [1.165, 1.54) is 0 Å². The van der Waals surface area contributed by atoms with Crippen LogP contribution in [0.3, 0.4) is 0 Å². The fraction of sp³-hybridized carbons (Fsp3) is 0.400. The number of nitrogens with two attached hydrogens (primary N) is 1. The van der Waals surface area contributed by atoms with E-state index in [-0.39, 0.29) is 11.7 Å². The largest absolute Gasteiger partial charge is 0.229 e.